The summed E-state index contributed by atoms with van der Waals surface area (Å²) in [4.78, 5) is 21.3. The van der Waals surface area contributed by atoms with Crippen molar-refractivity contribution >= 4 is 52.4 Å². The number of guanidine groups is 1. The van der Waals surface area contributed by atoms with E-state index in [4.69, 9.17) is 4.99 Å². The second-order valence-electron chi connectivity index (χ2n) is 7.10. The first-order valence-electron chi connectivity index (χ1n) is 9.98. The van der Waals surface area contributed by atoms with E-state index >= 15 is 0 Å². The monoisotopic (exact) mass is 515 g/mol. The van der Waals surface area contributed by atoms with E-state index in [0.717, 1.165) is 40.2 Å². The molecule has 156 valence electrons. The highest BCUT2D eigenvalue weighted by molar-refractivity contribution is 14.0. The Morgan fingerprint density at radius 2 is 1.97 bits per heavy atom. The number of hydrogen-bond donors (Lipinski definition) is 3. The number of benzene rings is 2. The first-order chi connectivity index (χ1) is 14.2. The molecular formula is C23H26IN5O. The van der Waals surface area contributed by atoms with E-state index in [2.05, 4.69) is 45.2 Å². The largest absolute Gasteiger partial charge is 0.357 e. The third-order valence-corrected chi connectivity index (χ3v) is 5.09. The molecule has 0 saturated carbocycles. The summed E-state index contributed by atoms with van der Waals surface area (Å²) in [6.45, 7) is 3.98. The van der Waals surface area contributed by atoms with Crippen LogP contribution in [0.15, 0.2) is 65.8 Å². The normalized spacial score (nSPS) is 15.7. The van der Waals surface area contributed by atoms with Crippen molar-refractivity contribution in [3.05, 3.63) is 71.9 Å². The lowest BCUT2D eigenvalue weighted by Crippen LogP contribution is -2.40. The molecule has 1 aromatic heterocycles. The van der Waals surface area contributed by atoms with E-state index in [1.54, 1.807) is 0 Å². The van der Waals surface area contributed by atoms with Gasteiger partial charge < -0.3 is 16.0 Å². The predicted molar refractivity (Wildman–Crippen MR) is 132 cm³/mol. The number of carbonyl (C=O) groups excluding carboxylic acids is 1. The smallest absolute Gasteiger partial charge is 0.225 e. The van der Waals surface area contributed by atoms with Gasteiger partial charge in [0.2, 0.25) is 5.91 Å². The number of amides is 1. The number of hydrogen-bond acceptors (Lipinski definition) is 3. The van der Waals surface area contributed by atoms with Crippen molar-refractivity contribution in [3.63, 3.8) is 0 Å². The number of nitrogens with one attached hydrogen (secondary N) is 3. The first-order valence-corrected chi connectivity index (χ1v) is 9.98. The number of rotatable bonds is 5. The Labute approximate surface area is 193 Å². The number of carbonyl (C=O) groups is 1. The molecule has 1 aliphatic rings. The van der Waals surface area contributed by atoms with Gasteiger partial charge in [-0.15, -0.1) is 24.0 Å². The Balaban J connectivity index is 0.00000256. The molecule has 2 aromatic carbocycles. The highest BCUT2D eigenvalue weighted by Gasteiger charge is 2.24. The third kappa shape index (κ3) is 5.08. The number of halogens is 1. The van der Waals surface area contributed by atoms with Crippen LogP contribution in [-0.4, -0.2) is 29.9 Å². The van der Waals surface area contributed by atoms with Crippen LogP contribution in [0.25, 0.3) is 10.9 Å². The van der Waals surface area contributed by atoms with E-state index in [1.807, 2.05) is 43.5 Å². The second-order valence-corrected chi connectivity index (χ2v) is 7.10. The molecule has 1 unspecified atom stereocenters. The maximum absolute atomic E-state index is 12.1. The van der Waals surface area contributed by atoms with Crippen LogP contribution in [0.2, 0.25) is 0 Å². The molecule has 0 fully saturated rings. The Hall–Kier alpha value is -2.68. The molecule has 30 heavy (non-hydrogen) atoms. The molecule has 7 heteroatoms. The maximum atomic E-state index is 12.1. The van der Waals surface area contributed by atoms with Crippen molar-refractivity contribution < 1.29 is 4.79 Å². The molecule has 3 N–H and O–H groups in total. The molecule has 1 atom stereocenters. The number of aliphatic imine (C=N–C) groups is 1. The summed E-state index contributed by atoms with van der Waals surface area (Å²) in [5.74, 6) is 0.909. The van der Waals surface area contributed by atoms with Crippen molar-refractivity contribution in [3.8, 4) is 0 Å². The minimum atomic E-state index is 0. The van der Waals surface area contributed by atoms with Gasteiger partial charge in [0.05, 0.1) is 12.1 Å². The zero-order valence-electron chi connectivity index (χ0n) is 16.9. The molecular weight excluding hydrogens is 489 g/mol. The average molecular weight is 515 g/mol. The van der Waals surface area contributed by atoms with Crippen LogP contribution >= 0.6 is 24.0 Å². The molecule has 0 saturated heterocycles. The van der Waals surface area contributed by atoms with Gasteiger partial charge in [0.15, 0.2) is 5.96 Å². The Bertz CT molecular complexity index is 1050. The van der Waals surface area contributed by atoms with Crippen LogP contribution in [-0.2, 0) is 11.3 Å². The lowest BCUT2D eigenvalue weighted by molar-refractivity contribution is -0.116. The second kappa shape index (κ2) is 10.4. The van der Waals surface area contributed by atoms with E-state index in [0.29, 0.717) is 19.5 Å². The van der Waals surface area contributed by atoms with Gasteiger partial charge in [-0.05, 0) is 30.2 Å². The van der Waals surface area contributed by atoms with Crippen LogP contribution < -0.4 is 16.0 Å². The number of anilines is 1. The van der Waals surface area contributed by atoms with Gasteiger partial charge in [-0.1, -0.05) is 42.5 Å². The maximum Gasteiger partial charge on any atom is 0.225 e. The predicted octanol–water partition coefficient (Wildman–Crippen LogP) is 4.03. The summed E-state index contributed by atoms with van der Waals surface area (Å²) in [6, 6.07) is 18.1. The van der Waals surface area contributed by atoms with Gasteiger partial charge in [0.25, 0.3) is 0 Å². The van der Waals surface area contributed by atoms with E-state index < -0.39 is 0 Å². The summed E-state index contributed by atoms with van der Waals surface area (Å²) in [7, 11) is 0. The molecule has 0 radical (unpaired) electrons. The van der Waals surface area contributed by atoms with Gasteiger partial charge in [0.1, 0.15) is 0 Å². The van der Waals surface area contributed by atoms with Crippen LogP contribution in [0.1, 0.15) is 30.4 Å². The lowest BCUT2D eigenvalue weighted by atomic mass is 9.90. The first kappa shape index (κ1) is 22.0. The number of pyridine rings is 1. The average Bonchev–Trinajstić information content (AvgIpc) is 2.75. The zero-order chi connectivity index (χ0) is 20.1. The summed E-state index contributed by atoms with van der Waals surface area (Å²) < 4.78 is 0. The number of para-hydroxylation sites is 2. The Kier molecular flexibility index (Phi) is 7.62. The fraction of sp³-hybridized carbons (Fsp3) is 0.261. The van der Waals surface area contributed by atoms with Crippen molar-refractivity contribution in [1.29, 1.82) is 0 Å². The molecule has 2 heterocycles. The summed E-state index contributed by atoms with van der Waals surface area (Å²) >= 11 is 0. The van der Waals surface area contributed by atoms with E-state index in [1.165, 1.54) is 0 Å². The SMILES string of the molecule is CCNC(=NCc1cccc2cccnc12)NCC1CC(=O)Nc2ccccc21.I. The van der Waals surface area contributed by atoms with Crippen LogP contribution in [0.3, 0.4) is 0 Å². The fourth-order valence-corrected chi connectivity index (χ4v) is 3.70. The molecule has 6 nitrogen and oxygen atoms in total. The molecule has 0 aliphatic carbocycles. The topological polar surface area (TPSA) is 78.4 Å². The highest BCUT2D eigenvalue weighted by atomic mass is 127. The Morgan fingerprint density at radius 1 is 1.13 bits per heavy atom. The van der Waals surface area contributed by atoms with Crippen LogP contribution in [0, 0.1) is 0 Å². The number of nitrogens with zero attached hydrogens (tertiary/aromatic N) is 2. The summed E-state index contributed by atoms with van der Waals surface area (Å²) in [5, 5.41) is 10.8. The highest BCUT2D eigenvalue weighted by Crippen LogP contribution is 2.31. The van der Waals surface area contributed by atoms with E-state index in [-0.39, 0.29) is 35.8 Å². The minimum absolute atomic E-state index is 0. The molecule has 3 aromatic rings. The van der Waals surface area contributed by atoms with Crippen LogP contribution in [0.5, 0.6) is 0 Å². The lowest BCUT2D eigenvalue weighted by Gasteiger charge is -2.26. The summed E-state index contributed by atoms with van der Waals surface area (Å²) in [5.41, 5.74) is 4.13. The zero-order valence-corrected chi connectivity index (χ0v) is 19.2. The van der Waals surface area contributed by atoms with Gasteiger partial charge in [0, 0.05) is 42.7 Å². The molecule has 1 amide bonds. The van der Waals surface area contributed by atoms with Gasteiger partial charge >= 0.3 is 0 Å². The minimum Gasteiger partial charge on any atom is -0.357 e. The van der Waals surface area contributed by atoms with E-state index in [9.17, 15) is 4.79 Å². The standard InChI is InChI=1S/C23H25N5O.HI/c1-2-24-23(26-14-17-8-5-7-16-9-6-12-25-22(16)17)27-15-18-13-21(29)28-20-11-4-3-10-19(18)20;/h3-12,18H,2,13-15H2,1H3,(H,28,29)(H2,24,26,27);1H. The molecule has 4 rings (SSSR count). The number of aromatic nitrogens is 1. The Morgan fingerprint density at radius 3 is 2.83 bits per heavy atom. The molecule has 1 aliphatic heterocycles. The number of fused-ring (bicyclic) bond motifs is 2. The van der Waals surface area contributed by atoms with Crippen molar-refractivity contribution in [2.45, 2.75) is 25.8 Å². The molecule has 0 bridgehead atoms. The third-order valence-electron chi connectivity index (χ3n) is 5.09. The van der Waals surface area contributed by atoms with Crippen molar-refractivity contribution in [1.82, 2.24) is 15.6 Å². The van der Waals surface area contributed by atoms with Gasteiger partial charge in [-0.2, -0.15) is 0 Å². The van der Waals surface area contributed by atoms with Crippen molar-refractivity contribution in [2.75, 3.05) is 18.4 Å². The summed E-state index contributed by atoms with van der Waals surface area (Å²) in [6.07, 6.45) is 2.28. The van der Waals surface area contributed by atoms with Gasteiger partial charge in [-0.25, -0.2) is 4.99 Å². The van der Waals surface area contributed by atoms with Gasteiger partial charge in [-0.3, -0.25) is 9.78 Å². The fourth-order valence-electron chi connectivity index (χ4n) is 3.70. The van der Waals surface area contributed by atoms with Crippen LogP contribution in [0.4, 0.5) is 5.69 Å². The quantitative estimate of drug-likeness (QED) is 0.273. The molecule has 0 spiro atoms. The van der Waals surface area contributed by atoms with Crippen molar-refractivity contribution in [2.24, 2.45) is 4.99 Å².